The largest absolute Gasteiger partial charge is 0.479 e. The Bertz CT molecular complexity index is 268. The average molecular weight is 232 g/mol. The van der Waals surface area contributed by atoms with Gasteiger partial charge in [-0.2, -0.15) is 0 Å². The molecule has 0 aliphatic heterocycles. The lowest BCUT2D eigenvalue weighted by atomic mass is 9.97. The van der Waals surface area contributed by atoms with Gasteiger partial charge >= 0.3 is 12.0 Å². The van der Waals surface area contributed by atoms with Crippen LogP contribution in [0.1, 0.15) is 27.7 Å². The van der Waals surface area contributed by atoms with Gasteiger partial charge in [-0.3, -0.25) is 0 Å². The zero-order valence-electron chi connectivity index (χ0n) is 10.1. The van der Waals surface area contributed by atoms with E-state index >= 15 is 0 Å². The number of carbonyl (C=O) groups excluding carboxylic acids is 1. The van der Waals surface area contributed by atoms with Gasteiger partial charge in [0.15, 0.2) is 5.60 Å². The van der Waals surface area contributed by atoms with Gasteiger partial charge < -0.3 is 20.8 Å². The molecule has 0 bridgehead atoms. The molecule has 0 aromatic rings. The van der Waals surface area contributed by atoms with Crippen LogP contribution in [0.5, 0.6) is 0 Å². The number of hydrogen-bond acceptors (Lipinski definition) is 3. The molecular formula is C10H20N2O4. The van der Waals surface area contributed by atoms with Crippen LogP contribution in [0.3, 0.4) is 0 Å². The van der Waals surface area contributed by atoms with Crippen LogP contribution in [-0.2, 0) is 4.79 Å². The maximum absolute atomic E-state index is 11.2. The van der Waals surface area contributed by atoms with Crippen molar-refractivity contribution in [2.45, 2.75) is 33.3 Å². The molecule has 0 saturated heterocycles. The van der Waals surface area contributed by atoms with Crippen molar-refractivity contribution in [3.63, 3.8) is 0 Å². The van der Waals surface area contributed by atoms with Crippen LogP contribution in [0.15, 0.2) is 0 Å². The van der Waals surface area contributed by atoms with Gasteiger partial charge in [0.2, 0.25) is 0 Å². The molecular weight excluding hydrogens is 212 g/mol. The summed E-state index contributed by atoms with van der Waals surface area (Å²) in [6, 6.07) is -0.489. The van der Waals surface area contributed by atoms with Crippen molar-refractivity contribution in [2.24, 2.45) is 5.41 Å². The van der Waals surface area contributed by atoms with Crippen LogP contribution in [-0.4, -0.2) is 40.9 Å². The molecule has 0 aromatic carbocycles. The van der Waals surface area contributed by atoms with Gasteiger partial charge in [-0.25, -0.2) is 9.59 Å². The summed E-state index contributed by atoms with van der Waals surface area (Å²) in [5.74, 6) is -1.37. The van der Waals surface area contributed by atoms with Gasteiger partial charge in [0, 0.05) is 6.54 Å². The van der Waals surface area contributed by atoms with Crippen molar-refractivity contribution in [2.75, 3.05) is 13.1 Å². The van der Waals surface area contributed by atoms with Gasteiger partial charge in [-0.1, -0.05) is 20.8 Å². The lowest BCUT2D eigenvalue weighted by molar-refractivity contribution is -0.155. The van der Waals surface area contributed by atoms with Crippen molar-refractivity contribution in [3.05, 3.63) is 0 Å². The highest BCUT2D eigenvalue weighted by Crippen LogP contribution is 2.09. The number of rotatable bonds is 4. The third-order valence-electron chi connectivity index (χ3n) is 1.83. The minimum Gasteiger partial charge on any atom is -0.479 e. The van der Waals surface area contributed by atoms with Crippen LogP contribution in [0.25, 0.3) is 0 Å². The van der Waals surface area contributed by atoms with Gasteiger partial charge in [0.1, 0.15) is 0 Å². The lowest BCUT2D eigenvalue weighted by Crippen LogP contribution is -2.50. The quantitative estimate of drug-likeness (QED) is 0.555. The maximum atomic E-state index is 11.2. The van der Waals surface area contributed by atoms with Gasteiger partial charge in [-0.05, 0) is 12.3 Å². The molecule has 6 heteroatoms. The first-order valence-corrected chi connectivity index (χ1v) is 5.02. The maximum Gasteiger partial charge on any atom is 0.337 e. The Morgan fingerprint density at radius 3 is 1.88 bits per heavy atom. The van der Waals surface area contributed by atoms with Crippen molar-refractivity contribution in [1.29, 1.82) is 0 Å². The van der Waals surface area contributed by atoms with Gasteiger partial charge in [0.25, 0.3) is 0 Å². The monoisotopic (exact) mass is 232 g/mol. The summed E-state index contributed by atoms with van der Waals surface area (Å²) in [5.41, 5.74) is -1.99. The van der Waals surface area contributed by atoms with Crippen molar-refractivity contribution in [3.8, 4) is 0 Å². The minimum absolute atomic E-state index is 0.0490. The molecule has 6 nitrogen and oxygen atoms in total. The fourth-order valence-electron chi connectivity index (χ4n) is 0.736. The van der Waals surface area contributed by atoms with Crippen LogP contribution < -0.4 is 10.6 Å². The Kier molecular flexibility index (Phi) is 4.74. The highest BCUT2D eigenvalue weighted by Gasteiger charge is 2.30. The first kappa shape index (κ1) is 14.7. The van der Waals surface area contributed by atoms with E-state index in [1.54, 1.807) is 0 Å². The Morgan fingerprint density at radius 2 is 1.50 bits per heavy atom. The molecule has 0 aliphatic carbocycles. The molecule has 16 heavy (non-hydrogen) atoms. The molecule has 2 amide bonds. The molecule has 1 unspecified atom stereocenters. The number of aliphatic hydroxyl groups is 1. The number of amides is 2. The zero-order chi connectivity index (χ0) is 13.0. The number of carboxylic acid groups (broad SMARTS) is 1. The van der Waals surface area contributed by atoms with E-state index in [0.29, 0.717) is 6.54 Å². The molecule has 1 atom stereocenters. The highest BCUT2D eigenvalue weighted by molar-refractivity contribution is 5.79. The second kappa shape index (κ2) is 5.16. The van der Waals surface area contributed by atoms with Crippen molar-refractivity contribution < 1.29 is 19.8 Å². The third-order valence-corrected chi connectivity index (χ3v) is 1.83. The summed E-state index contributed by atoms with van der Waals surface area (Å²) < 4.78 is 0. The molecule has 0 rings (SSSR count). The molecule has 0 heterocycles. The Balaban J connectivity index is 3.96. The molecule has 0 saturated carbocycles. The van der Waals surface area contributed by atoms with E-state index in [4.69, 9.17) is 5.11 Å². The van der Waals surface area contributed by atoms with E-state index in [1.807, 2.05) is 20.8 Å². The fourth-order valence-corrected chi connectivity index (χ4v) is 0.736. The number of aliphatic carboxylic acids is 1. The second-order valence-electron chi connectivity index (χ2n) is 5.18. The number of hydrogen-bond donors (Lipinski definition) is 4. The standard InChI is InChI=1S/C10H20N2O4/c1-9(2,3)5-11-8(15)12-6-10(4,16)7(13)14/h16H,5-6H2,1-4H3,(H,13,14)(H2,11,12,15). The van der Waals surface area contributed by atoms with E-state index in [9.17, 15) is 14.7 Å². The second-order valence-corrected chi connectivity index (χ2v) is 5.18. The normalized spacial score (nSPS) is 15.1. The summed E-state index contributed by atoms with van der Waals surface area (Å²) in [7, 11) is 0. The first-order chi connectivity index (χ1) is 7.04. The smallest absolute Gasteiger partial charge is 0.337 e. The molecule has 0 fully saturated rings. The van der Waals surface area contributed by atoms with Gasteiger partial charge in [-0.15, -0.1) is 0 Å². The van der Waals surface area contributed by atoms with E-state index in [-0.39, 0.29) is 12.0 Å². The Labute approximate surface area is 95.0 Å². The Hall–Kier alpha value is -1.30. The van der Waals surface area contributed by atoms with Crippen molar-refractivity contribution >= 4 is 12.0 Å². The number of carboxylic acids is 1. The summed E-state index contributed by atoms with van der Waals surface area (Å²) >= 11 is 0. The average Bonchev–Trinajstić information content (AvgIpc) is 2.10. The summed E-state index contributed by atoms with van der Waals surface area (Å²) in [6.45, 7) is 7.13. The number of nitrogens with one attached hydrogen (secondary N) is 2. The third kappa shape index (κ3) is 6.23. The topological polar surface area (TPSA) is 98.7 Å². The summed E-state index contributed by atoms with van der Waals surface area (Å²) in [6.07, 6.45) is 0. The summed E-state index contributed by atoms with van der Waals surface area (Å²) in [4.78, 5) is 21.8. The predicted octanol–water partition coefficient (Wildman–Crippen LogP) is 0.167. The lowest BCUT2D eigenvalue weighted by Gasteiger charge is -2.21. The van der Waals surface area contributed by atoms with Gasteiger partial charge in [0.05, 0.1) is 6.54 Å². The fraction of sp³-hybridized carbons (Fsp3) is 0.800. The van der Waals surface area contributed by atoms with Crippen LogP contribution >= 0.6 is 0 Å². The van der Waals surface area contributed by atoms with Crippen LogP contribution in [0, 0.1) is 5.41 Å². The van der Waals surface area contributed by atoms with E-state index < -0.39 is 17.6 Å². The van der Waals surface area contributed by atoms with E-state index in [1.165, 1.54) is 0 Å². The molecule has 0 spiro atoms. The first-order valence-electron chi connectivity index (χ1n) is 5.02. The Morgan fingerprint density at radius 1 is 1.06 bits per heavy atom. The van der Waals surface area contributed by atoms with Crippen molar-refractivity contribution in [1.82, 2.24) is 10.6 Å². The molecule has 4 N–H and O–H groups in total. The zero-order valence-corrected chi connectivity index (χ0v) is 10.1. The van der Waals surface area contributed by atoms with E-state index in [2.05, 4.69) is 10.6 Å². The highest BCUT2D eigenvalue weighted by atomic mass is 16.4. The molecule has 0 aromatic heterocycles. The molecule has 0 aliphatic rings. The predicted molar refractivity (Wildman–Crippen MR) is 59.1 cm³/mol. The summed E-state index contributed by atoms with van der Waals surface area (Å²) in [5, 5.41) is 22.8. The van der Waals surface area contributed by atoms with Crippen LogP contribution in [0.2, 0.25) is 0 Å². The number of carbonyl (C=O) groups is 2. The van der Waals surface area contributed by atoms with E-state index in [0.717, 1.165) is 6.92 Å². The molecule has 94 valence electrons. The number of urea groups is 1. The minimum atomic E-state index is -1.95. The SMILES string of the molecule is CC(C)(C)CNC(=O)NCC(C)(O)C(=O)O. The molecule has 0 radical (unpaired) electrons. The van der Waals surface area contributed by atoms with Crippen LogP contribution in [0.4, 0.5) is 4.79 Å².